The van der Waals surface area contributed by atoms with Crippen LogP contribution in [0.5, 0.6) is 11.5 Å². The van der Waals surface area contributed by atoms with E-state index in [-0.39, 0.29) is 5.78 Å². The highest BCUT2D eigenvalue weighted by molar-refractivity contribution is 6.13. The van der Waals surface area contributed by atoms with Crippen LogP contribution in [0.3, 0.4) is 0 Å². The summed E-state index contributed by atoms with van der Waals surface area (Å²) in [5.74, 6) is 1.53. The molecular formula is C19H18O3. The molecule has 3 heteroatoms. The van der Waals surface area contributed by atoms with Crippen molar-refractivity contribution in [2.75, 3.05) is 13.7 Å². The van der Waals surface area contributed by atoms with Crippen LogP contribution in [0.2, 0.25) is 0 Å². The van der Waals surface area contributed by atoms with Gasteiger partial charge in [-0.25, -0.2) is 0 Å². The molecular weight excluding hydrogens is 276 g/mol. The molecule has 112 valence electrons. The number of benzene rings is 2. The molecule has 3 nitrogen and oxygen atoms in total. The number of methoxy groups -OCH3 is 1. The van der Waals surface area contributed by atoms with Crippen LogP contribution in [-0.2, 0) is 0 Å². The van der Waals surface area contributed by atoms with Crippen molar-refractivity contribution < 1.29 is 14.3 Å². The van der Waals surface area contributed by atoms with Gasteiger partial charge in [-0.05, 0) is 42.8 Å². The van der Waals surface area contributed by atoms with Crippen LogP contribution >= 0.6 is 0 Å². The molecule has 0 spiro atoms. The molecule has 0 aliphatic carbocycles. The van der Waals surface area contributed by atoms with Gasteiger partial charge in [0.2, 0.25) is 0 Å². The van der Waals surface area contributed by atoms with Crippen molar-refractivity contribution in [2.24, 2.45) is 0 Å². The lowest BCUT2D eigenvalue weighted by molar-refractivity contribution is 0.103. The highest BCUT2D eigenvalue weighted by Gasteiger charge is 2.21. The number of aryl methyl sites for hydroxylation is 1. The minimum absolute atomic E-state index is 0.0482. The van der Waals surface area contributed by atoms with E-state index in [9.17, 15) is 4.79 Å². The first-order valence-corrected chi connectivity index (χ1v) is 7.30. The van der Waals surface area contributed by atoms with E-state index in [1.165, 1.54) is 0 Å². The third-order valence-electron chi connectivity index (χ3n) is 3.76. The zero-order valence-corrected chi connectivity index (χ0v) is 12.8. The van der Waals surface area contributed by atoms with E-state index in [0.29, 0.717) is 24.3 Å². The minimum atomic E-state index is 0.0482. The van der Waals surface area contributed by atoms with Crippen LogP contribution in [0.4, 0.5) is 0 Å². The van der Waals surface area contributed by atoms with Gasteiger partial charge in [-0.1, -0.05) is 23.8 Å². The van der Waals surface area contributed by atoms with Crippen molar-refractivity contribution in [3.63, 3.8) is 0 Å². The molecule has 0 aromatic heterocycles. The number of rotatable bonds is 2. The van der Waals surface area contributed by atoms with Crippen molar-refractivity contribution in [1.82, 2.24) is 0 Å². The number of fused-ring (bicyclic) bond motifs is 1. The van der Waals surface area contributed by atoms with Crippen LogP contribution in [0.15, 0.2) is 48.0 Å². The maximum Gasteiger partial charge on any atom is 0.192 e. The monoisotopic (exact) mass is 294 g/mol. The number of ketones is 1. The highest BCUT2D eigenvalue weighted by Crippen LogP contribution is 2.28. The quantitative estimate of drug-likeness (QED) is 0.784. The summed E-state index contributed by atoms with van der Waals surface area (Å²) >= 11 is 0. The van der Waals surface area contributed by atoms with Crippen molar-refractivity contribution in [2.45, 2.75) is 13.3 Å². The molecule has 2 aromatic rings. The smallest absolute Gasteiger partial charge is 0.192 e. The molecule has 0 saturated carbocycles. The fourth-order valence-electron chi connectivity index (χ4n) is 2.54. The number of hydrogen-bond donors (Lipinski definition) is 0. The Labute approximate surface area is 130 Å². The minimum Gasteiger partial charge on any atom is -0.497 e. The summed E-state index contributed by atoms with van der Waals surface area (Å²) in [5, 5.41) is 0. The second-order valence-electron chi connectivity index (χ2n) is 5.37. The van der Waals surface area contributed by atoms with Crippen LogP contribution in [0.25, 0.3) is 6.08 Å². The molecule has 0 radical (unpaired) electrons. The Kier molecular flexibility index (Phi) is 3.96. The van der Waals surface area contributed by atoms with E-state index in [1.807, 2.05) is 55.5 Å². The van der Waals surface area contributed by atoms with E-state index < -0.39 is 0 Å². The zero-order valence-electron chi connectivity index (χ0n) is 12.8. The Balaban J connectivity index is 1.96. The van der Waals surface area contributed by atoms with Gasteiger partial charge in [-0.3, -0.25) is 4.79 Å². The number of carbonyl (C=O) groups is 1. The zero-order chi connectivity index (χ0) is 15.5. The van der Waals surface area contributed by atoms with E-state index in [0.717, 1.165) is 22.4 Å². The number of hydrogen-bond acceptors (Lipinski definition) is 3. The molecule has 3 rings (SSSR count). The first-order chi connectivity index (χ1) is 10.7. The van der Waals surface area contributed by atoms with Gasteiger partial charge in [-0.15, -0.1) is 0 Å². The van der Waals surface area contributed by atoms with E-state index in [2.05, 4.69) is 0 Å². The Morgan fingerprint density at radius 1 is 1.14 bits per heavy atom. The molecule has 0 fully saturated rings. The van der Waals surface area contributed by atoms with Gasteiger partial charge in [0.25, 0.3) is 0 Å². The predicted molar refractivity (Wildman–Crippen MR) is 86.6 cm³/mol. The van der Waals surface area contributed by atoms with E-state index in [1.54, 1.807) is 7.11 Å². The van der Waals surface area contributed by atoms with E-state index in [4.69, 9.17) is 9.47 Å². The molecule has 0 amide bonds. The van der Waals surface area contributed by atoms with Gasteiger partial charge in [0.05, 0.1) is 19.3 Å². The van der Waals surface area contributed by atoms with Crippen molar-refractivity contribution in [1.29, 1.82) is 0 Å². The Hall–Kier alpha value is -2.55. The molecule has 0 bridgehead atoms. The normalized spacial score (nSPS) is 15.9. The summed E-state index contributed by atoms with van der Waals surface area (Å²) in [6.45, 7) is 2.50. The lowest BCUT2D eigenvalue weighted by atomic mass is 9.98. The van der Waals surface area contributed by atoms with Crippen molar-refractivity contribution in [3.05, 3.63) is 64.7 Å². The first-order valence-electron chi connectivity index (χ1n) is 7.30. The maximum atomic E-state index is 12.7. The largest absolute Gasteiger partial charge is 0.497 e. The highest BCUT2D eigenvalue weighted by atomic mass is 16.5. The summed E-state index contributed by atoms with van der Waals surface area (Å²) in [6, 6.07) is 13.4. The van der Waals surface area contributed by atoms with E-state index >= 15 is 0 Å². The van der Waals surface area contributed by atoms with Crippen LogP contribution in [0, 0.1) is 6.92 Å². The molecule has 1 heterocycles. The Morgan fingerprint density at radius 2 is 1.91 bits per heavy atom. The average molecular weight is 294 g/mol. The first kappa shape index (κ1) is 14.4. The van der Waals surface area contributed by atoms with Gasteiger partial charge in [-0.2, -0.15) is 0 Å². The fraction of sp³-hybridized carbons (Fsp3) is 0.211. The Morgan fingerprint density at radius 3 is 2.64 bits per heavy atom. The molecule has 0 atom stereocenters. The lowest BCUT2D eigenvalue weighted by Gasteiger charge is -2.06. The fourth-order valence-corrected chi connectivity index (χ4v) is 2.54. The summed E-state index contributed by atoms with van der Waals surface area (Å²) < 4.78 is 10.8. The molecule has 1 aliphatic rings. The second-order valence-corrected chi connectivity index (χ2v) is 5.37. The summed E-state index contributed by atoms with van der Waals surface area (Å²) in [7, 11) is 1.64. The standard InChI is InChI=1S/C19H18O3/c1-13-3-8-18-17(11-13)19(20)15(9-10-22-18)12-14-4-6-16(21-2)7-5-14/h3-8,11-12H,9-10H2,1-2H3/b15-12-. The lowest BCUT2D eigenvalue weighted by Crippen LogP contribution is -2.02. The summed E-state index contributed by atoms with van der Waals surface area (Å²) in [6.07, 6.45) is 2.54. The van der Waals surface area contributed by atoms with Gasteiger partial charge in [0.15, 0.2) is 5.78 Å². The average Bonchev–Trinajstić information content (AvgIpc) is 2.68. The van der Waals surface area contributed by atoms with Crippen LogP contribution < -0.4 is 9.47 Å². The number of Topliss-reactive ketones (excluding diaryl/α,β-unsaturated/α-hetero) is 1. The molecule has 0 N–H and O–H groups in total. The number of carbonyl (C=O) groups excluding carboxylic acids is 1. The van der Waals surface area contributed by atoms with Gasteiger partial charge < -0.3 is 9.47 Å². The molecule has 1 aliphatic heterocycles. The van der Waals surface area contributed by atoms with Crippen LogP contribution in [-0.4, -0.2) is 19.5 Å². The molecule has 0 saturated heterocycles. The number of ether oxygens (including phenoxy) is 2. The van der Waals surface area contributed by atoms with Crippen molar-refractivity contribution in [3.8, 4) is 11.5 Å². The second kappa shape index (κ2) is 6.06. The van der Waals surface area contributed by atoms with Crippen molar-refractivity contribution >= 4 is 11.9 Å². The molecule has 0 unspecified atom stereocenters. The molecule has 22 heavy (non-hydrogen) atoms. The third-order valence-corrected chi connectivity index (χ3v) is 3.76. The Bertz CT molecular complexity index is 727. The predicted octanol–water partition coefficient (Wildman–Crippen LogP) is 4.05. The van der Waals surface area contributed by atoms with Crippen LogP contribution in [0.1, 0.15) is 27.9 Å². The van der Waals surface area contributed by atoms with Gasteiger partial charge in [0, 0.05) is 12.0 Å². The topological polar surface area (TPSA) is 35.5 Å². The maximum absolute atomic E-state index is 12.7. The SMILES string of the molecule is COc1ccc(/C=C2/CCOc3ccc(C)cc3C2=O)cc1. The van der Waals surface area contributed by atoms with Gasteiger partial charge >= 0.3 is 0 Å². The summed E-state index contributed by atoms with van der Waals surface area (Å²) in [4.78, 5) is 12.7. The summed E-state index contributed by atoms with van der Waals surface area (Å²) in [5.41, 5.74) is 3.47. The third kappa shape index (κ3) is 2.89. The molecule has 2 aromatic carbocycles. The van der Waals surface area contributed by atoms with Gasteiger partial charge in [0.1, 0.15) is 11.5 Å².